The highest BCUT2D eigenvalue weighted by atomic mass is 19.3. The number of carbonyl (C=O) groups is 1. The minimum absolute atomic E-state index is 0.00633. The number of halogens is 2. The average Bonchev–Trinajstić information content (AvgIpc) is 3.17. The largest absolute Gasteiger partial charge is 0.368 e. The topological polar surface area (TPSA) is 84.1 Å². The fourth-order valence-electron chi connectivity index (χ4n) is 4.24. The predicted molar refractivity (Wildman–Crippen MR) is 123 cm³/mol. The van der Waals surface area contributed by atoms with Crippen molar-refractivity contribution in [2.75, 3.05) is 16.8 Å². The van der Waals surface area contributed by atoms with Crippen LogP contribution in [0.1, 0.15) is 69.7 Å². The third-order valence-corrected chi connectivity index (χ3v) is 5.86. The quantitative estimate of drug-likeness (QED) is 0.631. The first-order chi connectivity index (χ1) is 14.9. The van der Waals surface area contributed by atoms with Crippen molar-refractivity contribution in [2.24, 2.45) is 11.1 Å². The van der Waals surface area contributed by atoms with Gasteiger partial charge in [-0.3, -0.25) is 4.79 Å². The number of primary amides is 1. The van der Waals surface area contributed by atoms with Crippen LogP contribution in [-0.4, -0.2) is 28.5 Å². The number of alkyl halides is 2. The van der Waals surface area contributed by atoms with E-state index in [1.165, 1.54) is 18.5 Å². The first kappa shape index (κ1) is 23.9. The summed E-state index contributed by atoms with van der Waals surface area (Å²) in [7, 11) is 0. The van der Waals surface area contributed by atoms with Gasteiger partial charge in [-0.15, -0.1) is 0 Å². The number of hydrogen-bond acceptors (Lipinski definition) is 5. The van der Waals surface area contributed by atoms with Gasteiger partial charge in [0.25, 0.3) is 5.92 Å². The molecule has 0 saturated carbocycles. The molecule has 0 bridgehead atoms. The molecule has 3 N–H and O–H groups in total. The van der Waals surface area contributed by atoms with Crippen LogP contribution in [0.3, 0.4) is 0 Å². The van der Waals surface area contributed by atoms with E-state index in [1.54, 1.807) is 12.1 Å². The Morgan fingerprint density at radius 1 is 1.22 bits per heavy atom. The summed E-state index contributed by atoms with van der Waals surface area (Å²) in [5, 5.41) is 3.21. The van der Waals surface area contributed by atoms with Gasteiger partial charge in [-0.1, -0.05) is 45.0 Å². The number of carbonyl (C=O) groups excluding carboxylic acids is 1. The van der Waals surface area contributed by atoms with Crippen LogP contribution in [0.25, 0.3) is 0 Å². The molecule has 1 aromatic heterocycles. The minimum Gasteiger partial charge on any atom is -0.368 e. The Bertz CT molecular complexity index is 950. The second kappa shape index (κ2) is 9.00. The zero-order valence-electron chi connectivity index (χ0n) is 19.5. The Labute approximate surface area is 188 Å². The van der Waals surface area contributed by atoms with Gasteiger partial charge in [0, 0.05) is 24.6 Å². The summed E-state index contributed by atoms with van der Waals surface area (Å²) in [5.74, 6) is -1.93. The van der Waals surface area contributed by atoms with Gasteiger partial charge in [0.2, 0.25) is 5.91 Å². The van der Waals surface area contributed by atoms with Crippen LogP contribution in [0, 0.1) is 12.3 Å². The maximum atomic E-state index is 13.6. The van der Waals surface area contributed by atoms with E-state index < -0.39 is 17.9 Å². The Hall–Kier alpha value is -2.77. The van der Waals surface area contributed by atoms with E-state index in [2.05, 4.69) is 41.0 Å². The number of aromatic nitrogens is 2. The van der Waals surface area contributed by atoms with Crippen molar-refractivity contribution < 1.29 is 13.6 Å². The Morgan fingerprint density at radius 2 is 1.88 bits per heavy atom. The van der Waals surface area contributed by atoms with Crippen molar-refractivity contribution in [2.45, 2.75) is 71.9 Å². The van der Waals surface area contributed by atoms with E-state index in [0.717, 1.165) is 43.3 Å². The maximum absolute atomic E-state index is 13.6. The normalized spacial score (nSPS) is 18.0. The fourth-order valence-corrected chi connectivity index (χ4v) is 4.24. The predicted octanol–water partition coefficient (Wildman–Crippen LogP) is 4.94. The molecule has 174 valence electrons. The lowest BCUT2D eigenvalue weighted by molar-refractivity contribution is -0.119. The van der Waals surface area contributed by atoms with Gasteiger partial charge in [0.1, 0.15) is 24.0 Å². The lowest BCUT2D eigenvalue weighted by Crippen LogP contribution is -2.39. The zero-order chi connectivity index (χ0) is 23.7. The van der Waals surface area contributed by atoms with Crippen LogP contribution in [-0.2, 0) is 10.7 Å². The molecule has 2 aromatic rings. The van der Waals surface area contributed by atoms with Gasteiger partial charge in [-0.05, 0) is 37.2 Å². The lowest BCUT2D eigenvalue weighted by atomic mass is 9.88. The number of anilines is 2. The maximum Gasteiger partial charge on any atom is 0.270 e. The van der Waals surface area contributed by atoms with Crippen molar-refractivity contribution in [3.8, 4) is 0 Å². The van der Waals surface area contributed by atoms with Gasteiger partial charge < -0.3 is 16.0 Å². The second-order valence-electron chi connectivity index (χ2n) is 9.90. The number of nitrogens with zero attached hydrogens (tertiary/aromatic N) is 3. The summed E-state index contributed by atoms with van der Waals surface area (Å²) in [6.45, 7) is 9.78. The summed E-state index contributed by atoms with van der Waals surface area (Å²) in [5.41, 5.74) is 7.36. The van der Waals surface area contributed by atoms with E-state index in [0.29, 0.717) is 12.2 Å². The van der Waals surface area contributed by atoms with Gasteiger partial charge in [-0.25, -0.2) is 18.7 Å². The number of nitrogens with one attached hydrogen (secondary N) is 1. The molecule has 2 heterocycles. The molecule has 0 spiro atoms. The van der Waals surface area contributed by atoms with Crippen LogP contribution in [0.5, 0.6) is 0 Å². The minimum atomic E-state index is -2.86. The van der Waals surface area contributed by atoms with E-state index in [4.69, 9.17) is 5.73 Å². The fraction of sp³-hybridized carbons (Fsp3) is 0.542. The van der Waals surface area contributed by atoms with Gasteiger partial charge in [0.05, 0.1) is 6.04 Å². The SMILES string of the molecule is Cc1c(NC(CC(C)(C)C)C(N)=O)ncnc1N1CCCC1c1ccc(C(C)(F)F)cc1. The molecular formula is C24H33F2N5O. The first-order valence-corrected chi connectivity index (χ1v) is 11.0. The number of amides is 1. The summed E-state index contributed by atoms with van der Waals surface area (Å²) in [4.78, 5) is 23.1. The molecule has 1 saturated heterocycles. The van der Waals surface area contributed by atoms with E-state index in [-0.39, 0.29) is 17.0 Å². The molecule has 1 aliphatic heterocycles. The van der Waals surface area contributed by atoms with Crippen LogP contribution in [0.15, 0.2) is 30.6 Å². The van der Waals surface area contributed by atoms with Crippen molar-refractivity contribution in [3.05, 3.63) is 47.3 Å². The Kier molecular flexibility index (Phi) is 6.72. The summed E-state index contributed by atoms with van der Waals surface area (Å²) < 4.78 is 27.2. The van der Waals surface area contributed by atoms with Crippen molar-refractivity contribution in [3.63, 3.8) is 0 Å². The van der Waals surface area contributed by atoms with Crippen LogP contribution < -0.4 is 16.0 Å². The third-order valence-electron chi connectivity index (χ3n) is 5.86. The summed E-state index contributed by atoms with van der Waals surface area (Å²) >= 11 is 0. The Morgan fingerprint density at radius 3 is 2.44 bits per heavy atom. The molecule has 0 radical (unpaired) electrons. The van der Waals surface area contributed by atoms with Crippen molar-refractivity contribution >= 4 is 17.5 Å². The molecule has 2 unspecified atom stereocenters. The smallest absolute Gasteiger partial charge is 0.270 e. The second-order valence-corrected chi connectivity index (χ2v) is 9.90. The highest BCUT2D eigenvalue weighted by molar-refractivity contribution is 5.83. The number of nitrogens with two attached hydrogens (primary N) is 1. The highest BCUT2D eigenvalue weighted by Gasteiger charge is 2.31. The van der Waals surface area contributed by atoms with Crippen LogP contribution in [0.2, 0.25) is 0 Å². The molecule has 1 aromatic carbocycles. The standard InChI is InChI=1S/C24H33F2N5O/c1-15-21(30-18(20(27)32)13-23(2,3)4)28-14-29-22(15)31-12-6-7-19(31)16-8-10-17(11-9-16)24(5,25)26/h8-11,14,18-19H,6-7,12-13H2,1-5H3,(H2,27,32)(H,28,29,30). The molecule has 1 amide bonds. The van der Waals surface area contributed by atoms with Crippen molar-refractivity contribution in [1.29, 1.82) is 0 Å². The first-order valence-electron chi connectivity index (χ1n) is 11.0. The molecule has 1 aliphatic rings. The summed E-state index contributed by atoms with van der Waals surface area (Å²) in [6.07, 6.45) is 3.93. The van der Waals surface area contributed by atoms with Crippen molar-refractivity contribution in [1.82, 2.24) is 9.97 Å². The van der Waals surface area contributed by atoms with E-state index in [1.807, 2.05) is 6.92 Å². The number of benzene rings is 1. The average molecular weight is 446 g/mol. The van der Waals surface area contributed by atoms with Gasteiger partial charge in [0.15, 0.2) is 0 Å². The molecule has 8 heteroatoms. The zero-order valence-corrected chi connectivity index (χ0v) is 19.5. The monoisotopic (exact) mass is 445 g/mol. The molecule has 2 atom stereocenters. The number of rotatable bonds is 7. The number of hydrogen-bond donors (Lipinski definition) is 2. The molecule has 1 fully saturated rings. The van der Waals surface area contributed by atoms with Crippen LogP contribution >= 0.6 is 0 Å². The van der Waals surface area contributed by atoms with E-state index in [9.17, 15) is 13.6 Å². The van der Waals surface area contributed by atoms with Gasteiger partial charge in [-0.2, -0.15) is 0 Å². The molecule has 6 nitrogen and oxygen atoms in total. The Balaban J connectivity index is 1.87. The molecular weight excluding hydrogens is 412 g/mol. The van der Waals surface area contributed by atoms with Crippen LogP contribution in [0.4, 0.5) is 20.4 Å². The molecule has 32 heavy (non-hydrogen) atoms. The molecule has 0 aliphatic carbocycles. The third kappa shape index (κ3) is 5.53. The summed E-state index contributed by atoms with van der Waals surface area (Å²) in [6, 6.07) is 6.03. The molecule has 3 rings (SSSR count). The highest BCUT2D eigenvalue weighted by Crippen LogP contribution is 2.38. The van der Waals surface area contributed by atoms with Gasteiger partial charge >= 0.3 is 0 Å². The van der Waals surface area contributed by atoms with E-state index >= 15 is 0 Å². The lowest BCUT2D eigenvalue weighted by Gasteiger charge is -2.29.